The van der Waals surface area contributed by atoms with Crippen LogP contribution in [-0.2, 0) is 6.54 Å². The first-order valence-electron chi connectivity index (χ1n) is 8.78. The number of carbonyl (C=O) groups excluding carboxylic acids is 1. The smallest absolute Gasteiger partial charge is 0.252 e. The first kappa shape index (κ1) is 19.0. The second kappa shape index (κ2) is 7.60. The molecule has 0 fully saturated rings. The molecule has 30 heavy (non-hydrogen) atoms. The molecule has 4 aromatic rings. The van der Waals surface area contributed by atoms with Crippen molar-refractivity contribution in [3.63, 3.8) is 0 Å². The van der Waals surface area contributed by atoms with Crippen LogP contribution in [0, 0.1) is 18.2 Å². The lowest BCUT2D eigenvalue weighted by Gasteiger charge is -2.13. The van der Waals surface area contributed by atoms with Crippen LogP contribution in [0.2, 0.25) is 0 Å². The molecule has 2 heterocycles. The summed E-state index contributed by atoms with van der Waals surface area (Å²) in [6.45, 7) is 7.17. The van der Waals surface area contributed by atoms with Gasteiger partial charge in [-0.15, -0.1) is 0 Å². The number of nitrogens with zero attached hydrogens (tertiary/aromatic N) is 4. The van der Waals surface area contributed by atoms with E-state index < -0.39 is 17.5 Å². The summed E-state index contributed by atoms with van der Waals surface area (Å²) in [7, 11) is 0. The maximum atomic E-state index is 13.4. The Balaban J connectivity index is 1.71. The van der Waals surface area contributed by atoms with Gasteiger partial charge in [0.25, 0.3) is 5.91 Å². The molecule has 0 unspecified atom stereocenters. The number of anilines is 1. The molecule has 0 bridgehead atoms. The topological polar surface area (TPSA) is 90.2 Å². The average Bonchev–Trinajstić information content (AvgIpc) is 3.14. The highest BCUT2D eigenvalue weighted by molar-refractivity contribution is 5.98. The van der Waals surface area contributed by atoms with E-state index in [4.69, 9.17) is 12.3 Å². The number of halogens is 2. The van der Waals surface area contributed by atoms with Crippen LogP contribution in [0.25, 0.3) is 21.7 Å². The Morgan fingerprint density at radius 2 is 1.90 bits per heavy atom. The number of carbonyl (C=O) groups is 1. The van der Waals surface area contributed by atoms with Gasteiger partial charge in [-0.1, -0.05) is 6.07 Å². The highest BCUT2D eigenvalue weighted by atomic mass is 19.1. The third-order valence-electron chi connectivity index (χ3n) is 4.47. The fourth-order valence-corrected chi connectivity index (χ4v) is 3.08. The van der Waals surface area contributed by atoms with Crippen molar-refractivity contribution in [2.45, 2.75) is 6.54 Å². The zero-order valence-corrected chi connectivity index (χ0v) is 15.4. The Kier molecular flexibility index (Phi) is 4.82. The van der Waals surface area contributed by atoms with E-state index >= 15 is 0 Å². The molecule has 0 spiro atoms. The van der Waals surface area contributed by atoms with Crippen LogP contribution >= 0.6 is 0 Å². The Hall–Kier alpha value is -4.32. The van der Waals surface area contributed by atoms with Gasteiger partial charge in [-0.3, -0.25) is 9.36 Å². The van der Waals surface area contributed by atoms with Crippen molar-refractivity contribution >= 4 is 28.3 Å². The third-order valence-corrected chi connectivity index (χ3v) is 4.47. The number of imidazole rings is 1. The lowest BCUT2D eigenvalue weighted by Crippen LogP contribution is -2.16. The fourth-order valence-electron chi connectivity index (χ4n) is 3.08. The SMILES string of the molecule is [C-]#[N+]c1ccc2c(c1)ncn2-c1cc(NCc2cc(F)cc(F)c2)c(C(N)=O)cn1. The Labute approximate surface area is 169 Å². The van der Waals surface area contributed by atoms with E-state index in [0.29, 0.717) is 28.3 Å². The molecule has 0 aliphatic carbocycles. The van der Waals surface area contributed by atoms with E-state index in [0.717, 1.165) is 11.6 Å². The van der Waals surface area contributed by atoms with E-state index in [1.807, 2.05) is 0 Å². The maximum absolute atomic E-state index is 13.4. The van der Waals surface area contributed by atoms with Crippen LogP contribution in [0.4, 0.5) is 20.2 Å². The molecule has 148 valence electrons. The number of pyridine rings is 1. The minimum Gasteiger partial charge on any atom is -0.380 e. The van der Waals surface area contributed by atoms with Crippen molar-refractivity contribution in [2.75, 3.05) is 5.32 Å². The van der Waals surface area contributed by atoms with E-state index in [2.05, 4.69) is 20.1 Å². The van der Waals surface area contributed by atoms with E-state index in [9.17, 15) is 13.6 Å². The molecule has 0 aliphatic rings. The van der Waals surface area contributed by atoms with Crippen molar-refractivity contribution in [1.82, 2.24) is 14.5 Å². The van der Waals surface area contributed by atoms with Gasteiger partial charge in [-0.05, 0) is 29.8 Å². The van der Waals surface area contributed by atoms with Crippen LogP contribution in [-0.4, -0.2) is 20.4 Å². The van der Waals surface area contributed by atoms with Gasteiger partial charge < -0.3 is 11.1 Å². The predicted octanol–water partition coefficient (Wildman–Crippen LogP) is 3.96. The molecule has 0 radical (unpaired) electrons. The zero-order valence-electron chi connectivity index (χ0n) is 15.4. The highest BCUT2D eigenvalue weighted by Crippen LogP contribution is 2.25. The van der Waals surface area contributed by atoms with Crippen molar-refractivity contribution in [3.8, 4) is 5.82 Å². The molecule has 2 aromatic carbocycles. The van der Waals surface area contributed by atoms with Crippen LogP contribution < -0.4 is 11.1 Å². The summed E-state index contributed by atoms with van der Waals surface area (Å²) in [6.07, 6.45) is 2.88. The van der Waals surface area contributed by atoms with Crippen molar-refractivity contribution in [2.24, 2.45) is 5.73 Å². The van der Waals surface area contributed by atoms with Gasteiger partial charge in [-0.2, -0.15) is 0 Å². The molecule has 0 saturated heterocycles. The van der Waals surface area contributed by atoms with Gasteiger partial charge in [0.15, 0.2) is 5.69 Å². The van der Waals surface area contributed by atoms with Crippen molar-refractivity contribution in [3.05, 3.63) is 89.2 Å². The number of fused-ring (bicyclic) bond motifs is 1. The lowest BCUT2D eigenvalue weighted by atomic mass is 10.1. The number of nitrogens with two attached hydrogens (primary N) is 1. The zero-order chi connectivity index (χ0) is 21.3. The second-order valence-corrected chi connectivity index (χ2v) is 6.48. The summed E-state index contributed by atoms with van der Waals surface area (Å²) >= 11 is 0. The highest BCUT2D eigenvalue weighted by Gasteiger charge is 2.13. The van der Waals surface area contributed by atoms with Crippen molar-refractivity contribution < 1.29 is 13.6 Å². The average molecular weight is 404 g/mol. The number of benzene rings is 2. The Morgan fingerprint density at radius 3 is 2.60 bits per heavy atom. The molecular weight excluding hydrogens is 390 g/mol. The van der Waals surface area contributed by atoms with Crippen LogP contribution in [0.1, 0.15) is 15.9 Å². The molecule has 0 aliphatic heterocycles. The summed E-state index contributed by atoms with van der Waals surface area (Å²) in [4.78, 5) is 23.7. The normalized spacial score (nSPS) is 10.7. The summed E-state index contributed by atoms with van der Waals surface area (Å²) in [5, 5.41) is 2.99. The van der Waals surface area contributed by atoms with Gasteiger partial charge in [0.05, 0.1) is 28.9 Å². The van der Waals surface area contributed by atoms with E-state index in [1.165, 1.54) is 18.3 Å². The molecule has 3 N–H and O–H groups in total. The number of hydrogen-bond acceptors (Lipinski definition) is 4. The molecule has 0 saturated carbocycles. The number of nitrogens with one attached hydrogen (secondary N) is 1. The van der Waals surface area contributed by atoms with Gasteiger partial charge in [0, 0.05) is 24.9 Å². The third kappa shape index (κ3) is 3.66. The standard InChI is InChI=1S/C21H14F2N6O/c1-25-15-2-3-19-18(7-15)28-11-29(19)20-8-17(16(10-27-20)21(24)30)26-9-12-4-13(22)6-14(23)5-12/h2-8,10-11H,9H2,(H2,24,30)(H,26,27). The minimum absolute atomic E-state index is 0.0669. The molecular formula is C21H14F2N6O. The van der Waals surface area contributed by atoms with Gasteiger partial charge >= 0.3 is 0 Å². The van der Waals surface area contributed by atoms with E-state index in [1.54, 1.807) is 35.2 Å². The number of amides is 1. The largest absolute Gasteiger partial charge is 0.380 e. The minimum atomic E-state index is -0.695. The van der Waals surface area contributed by atoms with Crippen molar-refractivity contribution in [1.29, 1.82) is 0 Å². The number of aromatic nitrogens is 3. The van der Waals surface area contributed by atoms with Crippen LogP contribution in [0.5, 0.6) is 0 Å². The summed E-state index contributed by atoms with van der Waals surface area (Å²) in [5.74, 6) is -1.63. The monoisotopic (exact) mass is 404 g/mol. The number of rotatable bonds is 5. The molecule has 7 nitrogen and oxygen atoms in total. The molecule has 1 amide bonds. The second-order valence-electron chi connectivity index (χ2n) is 6.48. The van der Waals surface area contributed by atoms with E-state index in [-0.39, 0.29) is 12.1 Å². The summed E-state index contributed by atoms with van der Waals surface area (Å²) in [5.41, 5.74) is 8.10. The number of hydrogen-bond donors (Lipinski definition) is 2. The van der Waals surface area contributed by atoms with Gasteiger partial charge in [0.1, 0.15) is 23.8 Å². The van der Waals surface area contributed by atoms with Gasteiger partial charge in [0.2, 0.25) is 0 Å². The molecule has 0 atom stereocenters. The first-order chi connectivity index (χ1) is 14.4. The maximum Gasteiger partial charge on any atom is 0.252 e. The molecule has 4 rings (SSSR count). The summed E-state index contributed by atoms with van der Waals surface area (Å²) < 4.78 is 28.6. The van der Waals surface area contributed by atoms with Crippen LogP contribution in [0.15, 0.2) is 55.0 Å². The van der Waals surface area contributed by atoms with Crippen LogP contribution in [0.3, 0.4) is 0 Å². The molecule has 9 heteroatoms. The Morgan fingerprint density at radius 1 is 1.13 bits per heavy atom. The number of primary amides is 1. The summed E-state index contributed by atoms with van der Waals surface area (Å²) in [6, 6.07) is 9.85. The van der Waals surface area contributed by atoms with Gasteiger partial charge in [-0.25, -0.2) is 23.6 Å². The lowest BCUT2D eigenvalue weighted by molar-refractivity contribution is 0.100. The first-order valence-corrected chi connectivity index (χ1v) is 8.78. The molecule has 2 aromatic heterocycles. The quantitative estimate of drug-likeness (QED) is 0.493. The predicted molar refractivity (Wildman–Crippen MR) is 107 cm³/mol. The Bertz CT molecular complexity index is 1300. The fraction of sp³-hybridized carbons (Fsp3) is 0.0476.